The molecule has 2 unspecified atom stereocenters. The maximum absolute atomic E-state index is 10.3. The molecule has 0 aromatic rings. The van der Waals surface area contributed by atoms with Gasteiger partial charge in [0.05, 0.1) is 0 Å². The van der Waals surface area contributed by atoms with Crippen molar-refractivity contribution in [2.24, 2.45) is 0 Å². The van der Waals surface area contributed by atoms with Crippen LogP contribution in [-0.4, -0.2) is 15.9 Å². The first-order valence-electron chi connectivity index (χ1n) is 2.31. The zero-order valence-corrected chi connectivity index (χ0v) is 6.71. The number of hydrogen-bond donors (Lipinski definition) is 0. The molecule has 0 saturated heterocycles. The van der Waals surface area contributed by atoms with Gasteiger partial charge >= 0.3 is 0 Å². The van der Waals surface area contributed by atoms with E-state index in [2.05, 4.69) is 0 Å². The largest absolute Gasteiger partial charge is 0.301 e. The van der Waals surface area contributed by atoms with Crippen LogP contribution in [0.25, 0.3) is 0 Å². The van der Waals surface area contributed by atoms with Gasteiger partial charge in [-0.15, -0.1) is 35.0 Å². The topological polar surface area (TPSA) is 17.1 Å². The van der Waals surface area contributed by atoms with Gasteiger partial charge in [0, 0.05) is 0 Å². The van der Waals surface area contributed by atoms with E-state index in [0.717, 1.165) is 0 Å². The summed E-state index contributed by atoms with van der Waals surface area (Å²) in [5, 5.41) is 1.74. The molecule has 0 fully saturated rings. The van der Waals surface area contributed by atoms with Crippen LogP contribution in [0.15, 0.2) is 11.5 Å². The Hall–Kier alpha value is 0.340. The van der Waals surface area contributed by atoms with Gasteiger partial charge < -0.3 is 4.79 Å². The Labute approximate surface area is 67.4 Å². The number of hydrogen-bond acceptors (Lipinski definition) is 2. The third kappa shape index (κ3) is 1.26. The molecule has 0 saturated carbocycles. The second-order valence-electron chi connectivity index (χ2n) is 1.70. The minimum absolute atomic E-state index is 0.350. The van der Waals surface area contributed by atoms with E-state index < -0.39 is 4.87 Å². The highest BCUT2D eigenvalue weighted by atomic mass is 35.5. The zero-order valence-electron chi connectivity index (χ0n) is 4.38. The van der Waals surface area contributed by atoms with Crippen molar-refractivity contribution in [2.75, 3.05) is 0 Å². The standard InChI is InChI=1S/C5H4Cl2OS/c6-4-5(7,3-8)1-2-9-4/h1-4H. The molecule has 0 bridgehead atoms. The Morgan fingerprint density at radius 1 is 1.78 bits per heavy atom. The average molecular weight is 183 g/mol. The van der Waals surface area contributed by atoms with Crippen LogP contribution in [0.3, 0.4) is 0 Å². The number of thioether (sulfide) groups is 1. The minimum Gasteiger partial charge on any atom is -0.301 e. The SMILES string of the molecule is O=CC1(Cl)C=CSC1Cl. The van der Waals surface area contributed by atoms with Crippen LogP contribution >= 0.6 is 35.0 Å². The molecule has 1 nitrogen and oxygen atoms in total. The quantitative estimate of drug-likeness (QED) is 0.456. The third-order valence-electron chi connectivity index (χ3n) is 1.05. The fraction of sp³-hybridized carbons (Fsp3) is 0.400. The highest BCUT2D eigenvalue weighted by Gasteiger charge is 2.36. The van der Waals surface area contributed by atoms with Gasteiger partial charge in [-0.25, -0.2) is 0 Å². The fourth-order valence-corrected chi connectivity index (χ4v) is 1.86. The van der Waals surface area contributed by atoms with Crippen LogP contribution in [0.4, 0.5) is 0 Å². The van der Waals surface area contributed by atoms with Crippen molar-refractivity contribution in [1.29, 1.82) is 0 Å². The summed E-state index contributed by atoms with van der Waals surface area (Å²) in [4.78, 5) is 9.29. The lowest BCUT2D eigenvalue weighted by Crippen LogP contribution is -2.26. The zero-order chi connectivity index (χ0) is 6.91. The lowest BCUT2D eigenvalue weighted by Gasteiger charge is -2.13. The van der Waals surface area contributed by atoms with Crippen molar-refractivity contribution < 1.29 is 4.79 Å². The molecule has 0 aromatic heterocycles. The molecule has 4 heteroatoms. The van der Waals surface area contributed by atoms with Crippen LogP contribution in [0.5, 0.6) is 0 Å². The highest BCUT2D eigenvalue weighted by Crippen LogP contribution is 2.39. The third-order valence-corrected chi connectivity index (χ3v) is 3.32. The Bertz CT molecular complexity index is 159. The Kier molecular flexibility index (Phi) is 2.09. The number of aldehydes is 1. The lowest BCUT2D eigenvalue weighted by molar-refractivity contribution is -0.108. The van der Waals surface area contributed by atoms with Crippen molar-refractivity contribution in [3.8, 4) is 0 Å². The van der Waals surface area contributed by atoms with Gasteiger partial charge in [0.1, 0.15) is 15.9 Å². The summed E-state index contributed by atoms with van der Waals surface area (Å²) in [6.45, 7) is 0. The molecule has 1 aliphatic heterocycles. The predicted octanol–water partition coefficient (Wildman–Crippen LogP) is 1.99. The van der Waals surface area contributed by atoms with Crippen LogP contribution in [-0.2, 0) is 4.79 Å². The average Bonchev–Trinajstić information content (AvgIpc) is 2.15. The van der Waals surface area contributed by atoms with E-state index >= 15 is 0 Å². The Morgan fingerprint density at radius 2 is 2.44 bits per heavy atom. The second kappa shape index (κ2) is 2.52. The van der Waals surface area contributed by atoms with Gasteiger partial charge in [-0.2, -0.15) is 0 Å². The highest BCUT2D eigenvalue weighted by molar-refractivity contribution is 8.04. The van der Waals surface area contributed by atoms with E-state index in [9.17, 15) is 4.79 Å². The summed E-state index contributed by atoms with van der Waals surface area (Å²) >= 11 is 12.7. The number of carbonyl (C=O) groups excluding carboxylic acids is 1. The molecule has 1 aliphatic rings. The van der Waals surface area contributed by atoms with Crippen molar-refractivity contribution in [2.45, 2.75) is 9.58 Å². The first-order valence-corrected chi connectivity index (χ1v) is 4.07. The van der Waals surface area contributed by atoms with E-state index in [4.69, 9.17) is 23.2 Å². The molecule has 1 heterocycles. The molecule has 1 rings (SSSR count). The Morgan fingerprint density at radius 3 is 2.67 bits per heavy atom. The van der Waals surface area contributed by atoms with Gasteiger partial charge in [0.15, 0.2) is 0 Å². The second-order valence-corrected chi connectivity index (χ2v) is 4.07. The predicted molar refractivity (Wildman–Crippen MR) is 41.0 cm³/mol. The molecule has 0 aromatic carbocycles. The smallest absolute Gasteiger partial charge is 0.147 e. The molecule has 0 amide bonds. The van der Waals surface area contributed by atoms with Gasteiger partial charge in [-0.05, 0) is 11.5 Å². The van der Waals surface area contributed by atoms with Crippen LogP contribution in [0.1, 0.15) is 0 Å². The van der Waals surface area contributed by atoms with E-state index in [-0.39, 0.29) is 4.71 Å². The van der Waals surface area contributed by atoms with Crippen molar-refractivity contribution in [1.82, 2.24) is 0 Å². The molecular weight excluding hydrogens is 179 g/mol. The molecular formula is C5H4Cl2OS. The molecule has 9 heavy (non-hydrogen) atoms. The monoisotopic (exact) mass is 182 g/mol. The van der Waals surface area contributed by atoms with Gasteiger partial charge in [0.25, 0.3) is 0 Å². The minimum atomic E-state index is -0.966. The molecule has 0 radical (unpaired) electrons. The number of halogens is 2. The molecule has 50 valence electrons. The van der Waals surface area contributed by atoms with E-state index in [1.807, 2.05) is 0 Å². The normalized spacial score (nSPS) is 41.3. The van der Waals surface area contributed by atoms with Gasteiger partial charge in [0.2, 0.25) is 0 Å². The summed E-state index contributed by atoms with van der Waals surface area (Å²) in [5.41, 5.74) is 0. The van der Waals surface area contributed by atoms with Crippen LogP contribution < -0.4 is 0 Å². The molecule has 0 spiro atoms. The van der Waals surface area contributed by atoms with E-state index in [1.54, 1.807) is 11.5 Å². The fourth-order valence-electron chi connectivity index (χ4n) is 0.485. The number of carbonyl (C=O) groups is 1. The van der Waals surface area contributed by atoms with Gasteiger partial charge in [-0.1, -0.05) is 0 Å². The maximum Gasteiger partial charge on any atom is 0.147 e. The van der Waals surface area contributed by atoms with E-state index in [0.29, 0.717) is 6.29 Å². The first kappa shape index (κ1) is 7.45. The van der Waals surface area contributed by atoms with Crippen LogP contribution in [0.2, 0.25) is 0 Å². The number of alkyl halides is 2. The van der Waals surface area contributed by atoms with Crippen molar-refractivity contribution >= 4 is 41.2 Å². The summed E-state index contributed by atoms with van der Waals surface area (Å²) in [7, 11) is 0. The van der Waals surface area contributed by atoms with E-state index in [1.165, 1.54) is 11.8 Å². The van der Waals surface area contributed by atoms with Crippen LogP contribution in [0, 0.1) is 0 Å². The first-order chi connectivity index (χ1) is 4.19. The molecule has 2 atom stereocenters. The summed E-state index contributed by atoms with van der Waals surface area (Å²) < 4.78 is -0.350. The number of allylic oxidation sites excluding steroid dienone is 1. The Balaban J connectivity index is 2.78. The summed E-state index contributed by atoms with van der Waals surface area (Å²) in [6, 6.07) is 0. The maximum atomic E-state index is 10.3. The molecule has 0 N–H and O–H groups in total. The number of rotatable bonds is 1. The van der Waals surface area contributed by atoms with Crippen molar-refractivity contribution in [3.05, 3.63) is 11.5 Å². The summed E-state index contributed by atoms with van der Waals surface area (Å²) in [6.07, 6.45) is 2.26. The lowest BCUT2D eigenvalue weighted by atomic mass is 10.2. The van der Waals surface area contributed by atoms with Gasteiger partial charge in [-0.3, -0.25) is 0 Å². The molecule has 0 aliphatic carbocycles. The van der Waals surface area contributed by atoms with Crippen molar-refractivity contribution in [3.63, 3.8) is 0 Å². The summed E-state index contributed by atoms with van der Waals surface area (Å²) in [5.74, 6) is 0.